The average Bonchev–Trinajstić information content (AvgIpc) is 2.55. The lowest BCUT2D eigenvalue weighted by atomic mass is 10.1. The topological polar surface area (TPSA) is 90.3 Å². The van der Waals surface area contributed by atoms with Crippen LogP contribution in [0.1, 0.15) is 16.7 Å². The smallest absolute Gasteiger partial charge is 0.245 e. The van der Waals surface area contributed by atoms with Crippen LogP contribution in [-0.4, -0.2) is 27.1 Å². The molecule has 0 unspecified atom stereocenters. The maximum Gasteiger partial charge on any atom is 0.245 e. The summed E-state index contributed by atoms with van der Waals surface area (Å²) in [5.74, 6) is -0.558. The van der Waals surface area contributed by atoms with Crippen molar-refractivity contribution < 1.29 is 13.2 Å². The van der Waals surface area contributed by atoms with Gasteiger partial charge >= 0.3 is 0 Å². The highest BCUT2D eigenvalue weighted by Crippen LogP contribution is 2.28. The first-order chi connectivity index (χ1) is 12.1. The number of nitrogens with zero attached hydrogens (tertiary/aromatic N) is 2. The zero-order chi connectivity index (χ0) is 19.5. The largest absolute Gasteiger partial charge is 0.323 e. The van der Waals surface area contributed by atoms with Crippen molar-refractivity contribution in [1.82, 2.24) is 0 Å². The molecule has 0 saturated carbocycles. The second-order valence-electron chi connectivity index (χ2n) is 5.89. The summed E-state index contributed by atoms with van der Waals surface area (Å²) in [6.45, 7) is 3.21. The van der Waals surface area contributed by atoms with Crippen molar-refractivity contribution in [3.05, 3.63) is 58.1 Å². The van der Waals surface area contributed by atoms with E-state index in [4.69, 9.17) is 11.6 Å². The SMILES string of the molecule is Cc1cc(C)c(NC(=O)CN(c2ccccc2C#N)S(C)(=O)=O)c(Cl)c1. The molecule has 0 fully saturated rings. The van der Waals surface area contributed by atoms with Crippen molar-refractivity contribution in [3.63, 3.8) is 0 Å². The van der Waals surface area contributed by atoms with Gasteiger partial charge in [-0.3, -0.25) is 9.10 Å². The Balaban J connectivity index is 2.34. The number of hydrogen-bond donors (Lipinski definition) is 1. The number of para-hydroxylation sites is 1. The Labute approximate surface area is 158 Å². The summed E-state index contributed by atoms with van der Waals surface area (Å²) in [6, 6.07) is 11.7. The molecule has 0 heterocycles. The minimum atomic E-state index is -3.78. The maximum absolute atomic E-state index is 12.5. The number of sulfonamides is 1. The third-order valence-electron chi connectivity index (χ3n) is 3.68. The van der Waals surface area contributed by atoms with Crippen LogP contribution in [0.4, 0.5) is 11.4 Å². The third-order valence-corrected chi connectivity index (χ3v) is 5.10. The van der Waals surface area contributed by atoms with Crippen LogP contribution in [0.5, 0.6) is 0 Å². The molecule has 136 valence electrons. The molecule has 2 aromatic carbocycles. The highest BCUT2D eigenvalue weighted by Gasteiger charge is 2.23. The summed E-state index contributed by atoms with van der Waals surface area (Å²) < 4.78 is 25.3. The van der Waals surface area contributed by atoms with E-state index in [0.29, 0.717) is 10.7 Å². The van der Waals surface area contributed by atoms with Gasteiger partial charge in [-0.05, 0) is 43.2 Å². The number of carbonyl (C=O) groups is 1. The first-order valence-corrected chi connectivity index (χ1v) is 9.89. The molecule has 0 aromatic heterocycles. The zero-order valence-corrected chi connectivity index (χ0v) is 16.1. The summed E-state index contributed by atoms with van der Waals surface area (Å²) >= 11 is 6.18. The molecule has 0 atom stereocenters. The van der Waals surface area contributed by atoms with Crippen LogP contribution in [0.15, 0.2) is 36.4 Å². The van der Waals surface area contributed by atoms with Crippen molar-refractivity contribution in [1.29, 1.82) is 5.26 Å². The number of nitrogens with one attached hydrogen (secondary N) is 1. The van der Waals surface area contributed by atoms with Crippen LogP contribution in [0, 0.1) is 25.2 Å². The van der Waals surface area contributed by atoms with Gasteiger partial charge in [0.05, 0.1) is 28.2 Å². The minimum Gasteiger partial charge on any atom is -0.323 e. The number of anilines is 2. The molecule has 1 N–H and O–H groups in total. The average molecular weight is 392 g/mol. The van der Waals surface area contributed by atoms with E-state index in [-0.39, 0.29) is 11.3 Å². The number of benzene rings is 2. The van der Waals surface area contributed by atoms with Gasteiger partial charge in [-0.15, -0.1) is 0 Å². The van der Waals surface area contributed by atoms with E-state index in [2.05, 4.69) is 5.32 Å². The summed E-state index contributed by atoms with van der Waals surface area (Å²) in [7, 11) is -3.78. The Kier molecular flexibility index (Phi) is 5.90. The van der Waals surface area contributed by atoms with Gasteiger partial charge in [-0.25, -0.2) is 8.42 Å². The van der Waals surface area contributed by atoms with Crippen molar-refractivity contribution in [3.8, 4) is 6.07 Å². The maximum atomic E-state index is 12.5. The Bertz CT molecular complexity index is 974. The minimum absolute atomic E-state index is 0.152. The van der Waals surface area contributed by atoms with Crippen LogP contribution in [-0.2, 0) is 14.8 Å². The van der Waals surface area contributed by atoms with Crippen LogP contribution in [0.25, 0.3) is 0 Å². The van der Waals surface area contributed by atoms with Gasteiger partial charge in [0.1, 0.15) is 12.6 Å². The van der Waals surface area contributed by atoms with Gasteiger partial charge in [0.2, 0.25) is 15.9 Å². The molecule has 6 nitrogen and oxygen atoms in total. The second-order valence-corrected chi connectivity index (χ2v) is 8.20. The highest BCUT2D eigenvalue weighted by molar-refractivity contribution is 7.92. The normalized spacial score (nSPS) is 10.9. The lowest BCUT2D eigenvalue weighted by Crippen LogP contribution is -2.38. The van der Waals surface area contributed by atoms with E-state index < -0.39 is 22.5 Å². The van der Waals surface area contributed by atoms with Crippen LogP contribution in [0.2, 0.25) is 5.02 Å². The molecule has 0 aliphatic heterocycles. The number of nitriles is 1. The Morgan fingerprint density at radius 1 is 1.27 bits per heavy atom. The van der Waals surface area contributed by atoms with Gasteiger partial charge in [0.25, 0.3) is 0 Å². The summed E-state index contributed by atoms with van der Waals surface area (Å²) in [4.78, 5) is 12.5. The van der Waals surface area contributed by atoms with E-state index >= 15 is 0 Å². The van der Waals surface area contributed by atoms with Gasteiger partial charge in [-0.2, -0.15) is 5.26 Å². The fourth-order valence-electron chi connectivity index (χ4n) is 2.55. The molecule has 1 amide bonds. The van der Waals surface area contributed by atoms with Gasteiger partial charge < -0.3 is 5.32 Å². The lowest BCUT2D eigenvalue weighted by molar-refractivity contribution is -0.114. The molecule has 0 aliphatic rings. The van der Waals surface area contributed by atoms with Crippen molar-refractivity contribution in [2.45, 2.75) is 13.8 Å². The van der Waals surface area contributed by atoms with Gasteiger partial charge in [-0.1, -0.05) is 29.8 Å². The molecular weight excluding hydrogens is 374 g/mol. The number of halogens is 1. The number of rotatable bonds is 5. The van der Waals surface area contributed by atoms with Crippen molar-refractivity contribution in [2.75, 3.05) is 22.4 Å². The standard InChI is InChI=1S/C18H18ClN3O3S/c1-12-8-13(2)18(15(19)9-12)21-17(23)11-22(26(3,24)25)16-7-5-4-6-14(16)10-20/h4-9H,11H2,1-3H3,(H,21,23). The lowest BCUT2D eigenvalue weighted by Gasteiger charge is -2.23. The fraction of sp³-hybridized carbons (Fsp3) is 0.222. The van der Waals surface area contributed by atoms with Crippen molar-refractivity contribution in [2.24, 2.45) is 0 Å². The number of amides is 1. The van der Waals surface area contributed by atoms with E-state index in [1.807, 2.05) is 19.1 Å². The van der Waals surface area contributed by atoms with E-state index in [0.717, 1.165) is 21.7 Å². The molecule has 26 heavy (non-hydrogen) atoms. The second kappa shape index (κ2) is 7.77. The number of hydrogen-bond acceptors (Lipinski definition) is 4. The van der Waals surface area contributed by atoms with Crippen LogP contribution < -0.4 is 9.62 Å². The van der Waals surface area contributed by atoms with Crippen LogP contribution in [0.3, 0.4) is 0 Å². The molecule has 0 bridgehead atoms. The Morgan fingerprint density at radius 2 is 1.92 bits per heavy atom. The number of carbonyl (C=O) groups excluding carboxylic acids is 1. The zero-order valence-electron chi connectivity index (χ0n) is 14.6. The molecule has 0 saturated heterocycles. The van der Waals surface area contributed by atoms with Crippen molar-refractivity contribution >= 4 is 38.9 Å². The highest BCUT2D eigenvalue weighted by atomic mass is 35.5. The van der Waals surface area contributed by atoms with Gasteiger partial charge in [0.15, 0.2) is 0 Å². The first kappa shape index (κ1) is 19.8. The molecule has 0 radical (unpaired) electrons. The van der Waals surface area contributed by atoms with Crippen LogP contribution >= 0.6 is 11.6 Å². The Hall–Kier alpha value is -2.56. The molecule has 2 aromatic rings. The summed E-state index contributed by atoms with van der Waals surface area (Å²) in [5, 5.41) is 12.2. The van der Waals surface area contributed by atoms with E-state index in [1.54, 1.807) is 25.1 Å². The number of aryl methyl sites for hydroxylation is 2. The fourth-order valence-corrected chi connectivity index (χ4v) is 3.79. The van der Waals surface area contributed by atoms with Gasteiger partial charge in [0, 0.05) is 0 Å². The quantitative estimate of drug-likeness (QED) is 0.847. The summed E-state index contributed by atoms with van der Waals surface area (Å²) in [6.07, 6.45) is 0.985. The summed E-state index contributed by atoms with van der Waals surface area (Å²) in [5.41, 5.74) is 2.47. The molecular formula is C18H18ClN3O3S. The predicted octanol–water partition coefficient (Wildman–Crippen LogP) is 3.23. The molecule has 0 spiro atoms. The molecule has 8 heteroatoms. The molecule has 0 aliphatic carbocycles. The van der Waals surface area contributed by atoms with E-state index in [9.17, 15) is 18.5 Å². The van der Waals surface area contributed by atoms with E-state index in [1.165, 1.54) is 12.1 Å². The first-order valence-electron chi connectivity index (χ1n) is 7.67. The predicted molar refractivity (Wildman–Crippen MR) is 103 cm³/mol. The monoisotopic (exact) mass is 391 g/mol. The molecule has 2 rings (SSSR count). The third kappa shape index (κ3) is 4.54. The Morgan fingerprint density at radius 3 is 2.50 bits per heavy atom.